The van der Waals surface area contributed by atoms with Gasteiger partial charge in [-0.05, 0) is 46.1 Å². The summed E-state index contributed by atoms with van der Waals surface area (Å²) in [4.78, 5) is 22.8. The number of likely N-dealkylation sites (N-methyl/N-ethyl adjacent to an activating group) is 1. The van der Waals surface area contributed by atoms with Gasteiger partial charge in [-0.3, -0.25) is 9.78 Å². The molecule has 34 heavy (non-hydrogen) atoms. The first-order valence-corrected chi connectivity index (χ1v) is 11.6. The highest BCUT2D eigenvalue weighted by Crippen LogP contribution is 2.34. The molecule has 4 rings (SSSR count). The lowest BCUT2D eigenvalue weighted by Crippen LogP contribution is -2.43. The monoisotopic (exact) mass is 483 g/mol. The van der Waals surface area contributed by atoms with Crippen molar-refractivity contribution in [3.63, 3.8) is 0 Å². The van der Waals surface area contributed by atoms with E-state index < -0.39 is 0 Å². The number of ether oxygens (including phenoxy) is 1. The second kappa shape index (κ2) is 9.68. The third kappa shape index (κ3) is 4.76. The van der Waals surface area contributed by atoms with Crippen molar-refractivity contribution in [3.05, 3.63) is 59.4 Å². The summed E-state index contributed by atoms with van der Waals surface area (Å²) in [5, 5.41) is 6.67. The van der Waals surface area contributed by atoms with E-state index in [1.54, 1.807) is 24.5 Å². The Morgan fingerprint density at radius 3 is 2.82 bits per heavy atom. The molecule has 3 aromatic rings. The Balaban J connectivity index is 1.62. The van der Waals surface area contributed by atoms with E-state index in [0.29, 0.717) is 58.9 Å². The van der Waals surface area contributed by atoms with Gasteiger partial charge in [0.2, 0.25) is 0 Å². The molecular weight excluding hydrogens is 453 g/mol. The largest absolute Gasteiger partial charge is 0.490 e. The predicted octanol–water partition coefficient (Wildman–Crippen LogP) is 3.73. The van der Waals surface area contributed by atoms with Crippen molar-refractivity contribution in [2.24, 2.45) is 0 Å². The summed E-state index contributed by atoms with van der Waals surface area (Å²) in [5.41, 5.74) is 3.09. The summed E-state index contributed by atoms with van der Waals surface area (Å²) in [7, 11) is 4.03. The van der Waals surface area contributed by atoms with Crippen molar-refractivity contribution in [1.82, 2.24) is 25.5 Å². The van der Waals surface area contributed by atoms with Gasteiger partial charge in [-0.15, -0.1) is 12.6 Å². The summed E-state index contributed by atoms with van der Waals surface area (Å²) >= 11 is 4.56. The van der Waals surface area contributed by atoms with E-state index >= 15 is 0 Å². The van der Waals surface area contributed by atoms with Gasteiger partial charge < -0.3 is 25.3 Å². The number of H-pyrrole nitrogens is 1. The third-order valence-corrected chi connectivity index (χ3v) is 6.79. The lowest BCUT2D eigenvalue weighted by Gasteiger charge is -2.32. The number of hydrogen-bond donors (Lipinski definition) is 4. The van der Waals surface area contributed by atoms with Crippen LogP contribution in [-0.4, -0.2) is 53.6 Å². The molecule has 1 amide bonds. The number of halogens is 1. The molecule has 0 fully saturated rings. The molecule has 0 atom stereocenters. The summed E-state index contributed by atoms with van der Waals surface area (Å²) in [6.45, 7) is 5.67. The molecule has 2 aromatic heterocycles. The summed E-state index contributed by atoms with van der Waals surface area (Å²) < 4.78 is 20.5. The van der Waals surface area contributed by atoms with Gasteiger partial charge in [0.15, 0.2) is 0 Å². The highest BCUT2D eigenvalue weighted by atomic mass is 32.1. The second-order valence-electron chi connectivity index (χ2n) is 9.20. The fraction of sp³-hybridized carbons (Fsp3) is 0.360. The maximum Gasteiger partial charge on any atom is 0.255 e. The molecule has 3 heterocycles. The number of nitrogens with one attached hydrogen (secondary N) is 3. The molecule has 1 aliphatic rings. The molecule has 0 aliphatic carbocycles. The first-order chi connectivity index (χ1) is 16.2. The van der Waals surface area contributed by atoms with Crippen molar-refractivity contribution < 1.29 is 13.9 Å². The topological polar surface area (TPSA) is 82.3 Å². The summed E-state index contributed by atoms with van der Waals surface area (Å²) in [6.07, 6.45) is 4.04. The molecule has 180 valence electrons. The Morgan fingerprint density at radius 2 is 2.09 bits per heavy atom. The fourth-order valence-corrected chi connectivity index (χ4v) is 4.13. The molecule has 1 aliphatic heterocycles. The van der Waals surface area contributed by atoms with Crippen LogP contribution in [0.25, 0.3) is 16.5 Å². The number of pyridine rings is 1. The average Bonchev–Trinajstić information content (AvgIpc) is 3.14. The number of amides is 1. The van der Waals surface area contributed by atoms with Crippen molar-refractivity contribution in [1.29, 1.82) is 0 Å². The number of nitrogens with zero attached hydrogens (tertiary/aromatic N) is 2. The minimum Gasteiger partial charge on any atom is -0.490 e. The van der Waals surface area contributed by atoms with Gasteiger partial charge in [0.1, 0.15) is 18.2 Å². The third-order valence-electron chi connectivity index (χ3n) is 6.34. The van der Waals surface area contributed by atoms with Gasteiger partial charge in [0, 0.05) is 58.3 Å². The Bertz CT molecular complexity index is 1250. The number of thiol groups is 1. The van der Waals surface area contributed by atoms with Crippen molar-refractivity contribution in [3.8, 4) is 5.75 Å². The van der Waals surface area contributed by atoms with E-state index in [2.05, 4.69) is 52.0 Å². The zero-order valence-corrected chi connectivity index (χ0v) is 20.7. The van der Waals surface area contributed by atoms with Crippen molar-refractivity contribution in [2.45, 2.75) is 37.2 Å². The maximum atomic E-state index is 14.4. The molecule has 0 saturated heterocycles. The Hall–Kier alpha value is -3.04. The molecule has 7 nitrogen and oxygen atoms in total. The van der Waals surface area contributed by atoms with Gasteiger partial charge in [0.05, 0.1) is 17.5 Å². The van der Waals surface area contributed by atoms with Gasteiger partial charge in [0.25, 0.3) is 5.91 Å². The van der Waals surface area contributed by atoms with Gasteiger partial charge in [-0.2, -0.15) is 0 Å². The lowest BCUT2D eigenvalue weighted by molar-refractivity contribution is -0.115. The number of carbonyl (C=O) groups is 1. The number of carbonyl (C=O) groups excluding carboxylic acids is 1. The van der Waals surface area contributed by atoms with Crippen LogP contribution in [0, 0.1) is 5.82 Å². The first kappa shape index (κ1) is 24.1. The first-order valence-electron chi connectivity index (χ1n) is 11.2. The highest BCUT2D eigenvalue weighted by molar-refractivity contribution is 7.80. The van der Waals surface area contributed by atoms with E-state index in [-0.39, 0.29) is 17.3 Å². The SMILES string of the molecule is CN(C)C(C)(C)COc1cnccc1CNC1=C(c2[nH]c3cccc(F)c3c2S)C(=O)NCC1. The fourth-order valence-electron chi connectivity index (χ4n) is 3.73. The number of aromatic amines is 1. The molecule has 0 unspecified atom stereocenters. The van der Waals surface area contributed by atoms with Crippen LogP contribution in [0.4, 0.5) is 4.39 Å². The van der Waals surface area contributed by atoms with E-state index in [0.717, 1.165) is 11.3 Å². The van der Waals surface area contributed by atoms with Crippen LogP contribution in [0.2, 0.25) is 0 Å². The van der Waals surface area contributed by atoms with Crippen LogP contribution in [0.15, 0.2) is 47.3 Å². The minimum atomic E-state index is -0.379. The van der Waals surface area contributed by atoms with Crippen LogP contribution < -0.4 is 15.4 Å². The molecular formula is C25H30FN5O2S. The summed E-state index contributed by atoms with van der Waals surface area (Å²) in [6, 6.07) is 6.68. The minimum absolute atomic E-state index is 0.147. The molecule has 0 bridgehead atoms. The summed E-state index contributed by atoms with van der Waals surface area (Å²) in [5.74, 6) is 0.0837. The van der Waals surface area contributed by atoms with Crippen molar-refractivity contribution in [2.75, 3.05) is 27.2 Å². The Labute approximate surface area is 204 Å². The molecule has 1 aromatic carbocycles. The highest BCUT2D eigenvalue weighted by Gasteiger charge is 2.27. The molecule has 0 spiro atoms. The zero-order chi connectivity index (χ0) is 24.5. The molecule has 3 N–H and O–H groups in total. The standard InChI is InChI=1S/C25H30FN5O2S/c1-25(2,31(3)4)14-33-19-13-27-10-8-15(19)12-29-17-9-11-28-24(32)21(17)22-23(34)20-16(26)6-5-7-18(20)30-22/h5-8,10,13,29-30,34H,9,11-12,14H2,1-4H3,(H,28,32). The quantitative estimate of drug-likeness (QED) is 0.367. The number of hydrogen-bond acceptors (Lipinski definition) is 6. The zero-order valence-electron chi connectivity index (χ0n) is 19.8. The van der Waals surface area contributed by atoms with Gasteiger partial charge >= 0.3 is 0 Å². The van der Waals surface area contributed by atoms with Crippen LogP contribution in [0.5, 0.6) is 5.75 Å². The molecule has 0 saturated carbocycles. The number of rotatable bonds is 8. The van der Waals surface area contributed by atoms with Gasteiger partial charge in [-0.1, -0.05) is 6.07 Å². The van der Waals surface area contributed by atoms with Crippen molar-refractivity contribution >= 4 is 35.0 Å². The van der Waals surface area contributed by atoms with Crippen LogP contribution in [0.3, 0.4) is 0 Å². The molecule has 9 heteroatoms. The Morgan fingerprint density at radius 1 is 1.29 bits per heavy atom. The van der Waals surface area contributed by atoms with E-state index in [4.69, 9.17) is 4.74 Å². The van der Waals surface area contributed by atoms with E-state index in [1.807, 2.05) is 20.2 Å². The van der Waals surface area contributed by atoms with E-state index in [1.165, 1.54) is 6.07 Å². The van der Waals surface area contributed by atoms with Gasteiger partial charge in [-0.25, -0.2) is 4.39 Å². The maximum absolute atomic E-state index is 14.4. The number of fused-ring (bicyclic) bond motifs is 1. The van der Waals surface area contributed by atoms with E-state index in [9.17, 15) is 9.18 Å². The number of benzene rings is 1. The second-order valence-corrected chi connectivity index (χ2v) is 9.65. The lowest BCUT2D eigenvalue weighted by atomic mass is 10.0. The predicted molar refractivity (Wildman–Crippen MR) is 134 cm³/mol. The molecule has 0 radical (unpaired) electrons. The average molecular weight is 484 g/mol. The Kier molecular flexibility index (Phi) is 6.86. The van der Waals surface area contributed by atoms with Crippen LogP contribution in [-0.2, 0) is 11.3 Å². The van der Waals surface area contributed by atoms with Crippen LogP contribution >= 0.6 is 12.6 Å². The number of aromatic nitrogens is 2. The normalized spacial score (nSPS) is 14.6. The smallest absolute Gasteiger partial charge is 0.255 e. The van der Waals surface area contributed by atoms with Crippen LogP contribution in [0.1, 0.15) is 31.5 Å².